The molecule has 0 saturated carbocycles. The number of alkyl halides is 1. The molecule has 0 heterocycles. The monoisotopic (exact) mass is 209 g/mol. The van der Waals surface area contributed by atoms with Gasteiger partial charge in [0.1, 0.15) is 5.38 Å². The van der Waals surface area contributed by atoms with Crippen LogP contribution in [0.1, 0.15) is 13.3 Å². The van der Waals surface area contributed by atoms with E-state index in [4.69, 9.17) is 11.6 Å². The molecule has 0 spiro atoms. The normalized spacial score (nSPS) is 12.7. The van der Waals surface area contributed by atoms with E-state index >= 15 is 0 Å². The lowest BCUT2D eigenvalue weighted by Crippen LogP contribution is -2.30. The van der Waals surface area contributed by atoms with Crippen molar-refractivity contribution >= 4 is 29.3 Å². The van der Waals surface area contributed by atoms with E-state index in [1.165, 1.54) is 4.90 Å². The van der Waals surface area contributed by atoms with Gasteiger partial charge < -0.3 is 4.90 Å². The summed E-state index contributed by atoms with van der Waals surface area (Å²) in [5.41, 5.74) is 0. The second-order valence-corrected chi connectivity index (χ2v) is 4.61. The largest absolute Gasteiger partial charge is 0.348 e. The van der Waals surface area contributed by atoms with Crippen LogP contribution in [0.5, 0.6) is 0 Å². The zero-order valence-corrected chi connectivity index (χ0v) is 9.41. The maximum Gasteiger partial charge on any atom is 0.240 e. The Labute approximate surface area is 83.6 Å². The lowest BCUT2D eigenvalue weighted by Gasteiger charge is -2.14. The molecule has 0 aliphatic heterocycles. The summed E-state index contributed by atoms with van der Waals surface area (Å²) < 4.78 is 0. The molecule has 0 aromatic carbocycles. The molecular weight excluding hydrogens is 194 g/mol. The van der Waals surface area contributed by atoms with Gasteiger partial charge in [-0.3, -0.25) is 4.79 Å². The van der Waals surface area contributed by atoms with Gasteiger partial charge in [-0.1, -0.05) is 6.92 Å². The second-order valence-electron chi connectivity index (χ2n) is 2.69. The average Bonchev–Trinajstić information content (AvgIpc) is 2.03. The van der Waals surface area contributed by atoms with E-state index < -0.39 is 0 Å². The molecule has 0 bridgehead atoms. The third-order valence-electron chi connectivity index (χ3n) is 1.43. The number of rotatable bonds is 5. The summed E-state index contributed by atoms with van der Waals surface area (Å²) in [5.74, 6) is 2.05. The summed E-state index contributed by atoms with van der Waals surface area (Å²) in [6, 6.07) is 0. The van der Waals surface area contributed by atoms with E-state index in [-0.39, 0.29) is 11.3 Å². The van der Waals surface area contributed by atoms with Gasteiger partial charge in [0, 0.05) is 14.1 Å². The number of hydrogen-bond acceptors (Lipinski definition) is 2. The Kier molecular flexibility index (Phi) is 6.67. The molecule has 1 unspecified atom stereocenters. The van der Waals surface area contributed by atoms with Crippen molar-refractivity contribution in [3.05, 3.63) is 0 Å². The molecule has 0 rings (SSSR count). The van der Waals surface area contributed by atoms with Crippen molar-refractivity contribution in [2.45, 2.75) is 18.7 Å². The predicted octanol–water partition coefficient (Wildman–Crippen LogP) is 1.83. The van der Waals surface area contributed by atoms with Crippen LogP contribution in [0.2, 0.25) is 0 Å². The van der Waals surface area contributed by atoms with Crippen molar-refractivity contribution in [3.63, 3.8) is 0 Å². The van der Waals surface area contributed by atoms with Crippen molar-refractivity contribution in [2.75, 3.05) is 25.6 Å². The van der Waals surface area contributed by atoms with Crippen LogP contribution in [0, 0.1) is 0 Å². The molecule has 2 nitrogen and oxygen atoms in total. The highest BCUT2D eigenvalue weighted by Gasteiger charge is 2.15. The van der Waals surface area contributed by atoms with Crippen molar-refractivity contribution in [3.8, 4) is 0 Å². The lowest BCUT2D eigenvalue weighted by atomic mass is 10.3. The maximum absolute atomic E-state index is 11.2. The molecule has 0 aromatic heterocycles. The van der Waals surface area contributed by atoms with E-state index in [1.54, 1.807) is 14.1 Å². The first-order valence-electron chi connectivity index (χ1n) is 4.02. The third-order valence-corrected chi connectivity index (χ3v) is 2.77. The molecule has 4 heteroatoms. The summed E-state index contributed by atoms with van der Waals surface area (Å²) in [6.45, 7) is 2.10. The highest BCUT2D eigenvalue weighted by atomic mass is 35.5. The Balaban J connectivity index is 3.57. The topological polar surface area (TPSA) is 20.3 Å². The molecule has 0 radical (unpaired) electrons. The number of carbonyl (C=O) groups is 1. The first kappa shape index (κ1) is 12.1. The molecule has 0 aliphatic carbocycles. The molecule has 0 aromatic rings. The molecule has 1 amide bonds. The Morgan fingerprint density at radius 1 is 1.58 bits per heavy atom. The van der Waals surface area contributed by atoms with Crippen LogP contribution < -0.4 is 0 Å². The standard InChI is InChI=1S/C8H16ClNOS/c1-4-12-6-5-7(9)8(11)10(2)3/h7H,4-6H2,1-3H3. The van der Waals surface area contributed by atoms with Gasteiger partial charge in [0.15, 0.2) is 0 Å². The second kappa shape index (κ2) is 6.61. The van der Waals surface area contributed by atoms with Gasteiger partial charge in [-0.2, -0.15) is 11.8 Å². The molecular formula is C8H16ClNOS. The molecule has 0 N–H and O–H groups in total. The van der Waals surface area contributed by atoms with E-state index in [1.807, 2.05) is 11.8 Å². The van der Waals surface area contributed by atoms with Gasteiger partial charge >= 0.3 is 0 Å². The van der Waals surface area contributed by atoms with E-state index in [0.29, 0.717) is 0 Å². The van der Waals surface area contributed by atoms with Gasteiger partial charge in [-0.05, 0) is 17.9 Å². The van der Waals surface area contributed by atoms with Gasteiger partial charge in [0.2, 0.25) is 5.91 Å². The minimum absolute atomic E-state index is 0.00775. The Bertz CT molecular complexity index is 141. The number of thioether (sulfide) groups is 1. The zero-order valence-electron chi connectivity index (χ0n) is 7.84. The number of carbonyl (C=O) groups excluding carboxylic acids is 1. The highest BCUT2D eigenvalue weighted by molar-refractivity contribution is 7.99. The van der Waals surface area contributed by atoms with Crippen molar-refractivity contribution < 1.29 is 4.79 Å². The molecule has 12 heavy (non-hydrogen) atoms. The predicted molar refractivity (Wildman–Crippen MR) is 56.0 cm³/mol. The average molecular weight is 210 g/mol. The highest BCUT2D eigenvalue weighted by Crippen LogP contribution is 2.10. The molecule has 72 valence electrons. The van der Waals surface area contributed by atoms with Crippen LogP contribution in [0.4, 0.5) is 0 Å². The summed E-state index contributed by atoms with van der Waals surface area (Å²) >= 11 is 7.67. The van der Waals surface area contributed by atoms with Crippen molar-refractivity contribution in [1.82, 2.24) is 4.90 Å². The van der Waals surface area contributed by atoms with Crippen LogP contribution in [0.25, 0.3) is 0 Å². The van der Waals surface area contributed by atoms with Gasteiger partial charge in [-0.25, -0.2) is 0 Å². The van der Waals surface area contributed by atoms with E-state index in [0.717, 1.165) is 17.9 Å². The summed E-state index contributed by atoms with van der Waals surface area (Å²) in [6.07, 6.45) is 0.761. The van der Waals surface area contributed by atoms with Crippen LogP contribution >= 0.6 is 23.4 Å². The van der Waals surface area contributed by atoms with E-state index in [2.05, 4.69) is 6.92 Å². The van der Waals surface area contributed by atoms with Crippen LogP contribution in [0.3, 0.4) is 0 Å². The summed E-state index contributed by atoms with van der Waals surface area (Å²) in [5, 5.41) is -0.348. The Morgan fingerprint density at radius 2 is 2.17 bits per heavy atom. The van der Waals surface area contributed by atoms with Crippen LogP contribution in [-0.2, 0) is 4.79 Å². The fourth-order valence-electron chi connectivity index (χ4n) is 0.735. The Morgan fingerprint density at radius 3 is 2.58 bits per heavy atom. The molecule has 0 aliphatic rings. The van der Waals surface area contributed by atoms with Gasteiger partial charge in [0.05, 0.1) is 0 Å². The van der Waals surface area contributed by atoms with Crippen LogP contribution in [-0.4, -0.2) is 41.8 Å². The maximum atomic E-state index is 11.2. The number of amides is 1. The smallest absolute Gasteiger partial charge is 0.240 e. The van der Waals surface area contributed by atoms with E-state index in [9.17, 15) is 4.79 Å². The first-order chi connectivity index (χ1) is 5.59. The van der Waals surface area contributed by atoms with Gasteiger partial charge in [-0.15, -0.1) is 11.6 Å². The zero-order chi connectivity index (χ0) is 9.56. The van der Waals surface area contributed by atoms with Crippen LogP contribution in [0.15, 0.2) is 0 Å². The number of hydrogen-bond donors (Lipinski definition) is 0. The fraction of sp³-hybridized carbons (Fsp3) is 0.875. The minimum Gasteiger partial charge on any atom is -0.348 e. The molecule has 0 saturated heterocycles. The summed E-state index contributed by atoms with van der Waals surface area (Å²) in [7, 11) is 3.45. The number of halogens is 1. The number of nitrogens with zero attached hydrogens (tertiary/aromatic N) is 1. The van der Waals surface area contributed by atoms with Crippen molar-refractivity contribution in [2.24, 2.45) is 0 Å². The molecule has 0 fully saturated rings. The molecule has 1 atom stereocenters. The van der Waals surface area contributed by atoms with Gasteiger partial charge in [0.25, 0.3) is 0 Å². The third kappa shape index (κ3) is 4.88. The quantitative estimate of drug-likeness (QED) is 0.509. The summed E-state index contributed by atoms with van der Waals surface area (Å²) in [4.78, 5) is 12.8. The lowest BCUT2D eigenvalue weighted by molar-refractivity contribution is -0.128. The Hall–Kier alpha value is 0.110. The SMILES string of the molecule is CCSCCC(Cl)C(=O)N(C)C. The fourth-order valence-corrected chi connectivity index (χ4v) is 1.86. The minimum atomic E-state index is -0.348. The first-order valence-corrected chi connectivity index (χ1v) is 5.61. The van der Waals surface area contributed by atoms with Crippen molar-refractivity contribution in [1.29, 1.82) is 0 Å².